The van der Waals surface area contributed by atoms with Gasteiger partial charge in [0.25, 0.3) is 5.91 Å². The number of carbonyl (C=O) groups excluding carboxylic acids is 2. The molecule has 0 aromatic heterocycles. The Morgan fingerprint density at radius 1 is 1.04 bits per heavy atom. The molecular formula is C19H21NO4. The fourth-order valence-corrected chi connectivity index (χ4v) is 2.19. The number of esters is 1. The number of amides is 1. The standard InChI is InChI=1S/C19H21NO4/c1-4-23-19(22)15-9-10-16(14(3)11-15)20-18(21)12-24-17-8-6-5-7-13(17)2/h5-11H,4,12H2,1-3H3,(H,20,21). The molecule has 1 N–H and O–H groups in total. The third-order valence-corrected chi connectivity index (χ3v) is 3.46. The zero-order chi connectivity index (χ0) is 17.5. The Balaban J connectivity index is 1.96. The van der Waals surface area contributed by atoms with E-state index in [1.807, 2.05) is 38.1 Å². The second kappa shape index (κ2) is 8.15. The van der Waals surface area contributed by atoms with Gasteiger partial charge in [-0.2, -0.15) is 0 Å². The lowest BCUT2D eigenvalue weighted by molar-refractivity contribution is -0.118. The van der Waals surface area contributed by atoms with Crippen molar-refractivity contribution in [2.75, 3.05) is 18.5 Å². The minimum atomic E-state index is -0.374. The minimum absolute atomic E-state index is 0.0794. The molecule has 5 nitrogen and oxygen atoms in total. The van der Waals surface area contributed by atoms with Crippen molar-refractivity contribution in [3.63, 3.8) is 0 Å². The summed E-state index contributed by atoms with van der Waals surface area (Å²) in [5.74, 6) is 0.0497. The summed E-state index contributed by atoms with van der Waals surface area (Å²) < 4.78 is 10.5. The fourth-order valence-electron chi connectivity index (χ4n) is 2.19. The van der Waals surface area contributed by atoms with Crippen LogP contribution in [0.15, 0.2) is 42.5 Å². The number of hydrogen-bond donors (Lipinski definition) is 1. The van der Waals surface area contributed by atoms with E-state index in [0.717, 1.165) is 11.1 Å². The molecule has 0 aliphatic rings. The number of benzene rings is 2. The van der Waals surface area contributed by atoms with Crippen LogP contribution in [-0.4, -0.2) is 25.1 Å². The topological polar surface area (TPSA) is 64.6 Å². The van der Waals surface area contributed by atoms with E-state index in [4.69, 9.17) is 9.47 Å². The summed E-state index contributed by atoms with van der Waals surface area (Å²) in [6.45, 7) is 5.75. The van der Waals surface area contributed by atoms with Crippen molar-refractivity contribution in [3.05, 3.63) is 59.2 Å². The summed E-state index contributed by atoms with van der Waals surface area (Å²) in [7, 11) is 0. The van der Waals surface area contributed by atoms with Crippen LogP contribution < -0.4 is 10.1 Å². The zero-order valence-electron chi connectivity index (χ0n) is 14.1. The molecule has 0 spiro atoms. The summed E-state index contributed by atoms with van der Waals surface area (Å²) in [5.41, 5.74) is 2.86. The number of para-hydroxylation sites is 1. The van der Waals surface area contributed by atoms with Gasteiger partial charge in [0, 0.05) is 5.69 Å². The number of nitrogens with one attached hydrogen (secondary N) is 1. The summed E-state index contributed by atoms with van der Waals surface area (Å²) in [6.07, 6.45) is 0. The van der Waals surface area contributed by atoms with E-state index < -0.39 is 0 Å². The van der Waals surface area contributed by atoms with Crippen LogP contribution in [0.4, 0.5) is 5.69 Å². The molecule has 24 heavy (non-hydrogen) atoms. The normalized spacial score (nSPS) is 10.1. The van der Waals surface area contributed by atoms with Gasteiger partial charge in [-0.1, -0.05) is 18.2 Å². The molecule has 0 saturated carbocycles. The molecule has 2 aromatic carbocycles. The quantitative estimate of drug-likeness (QED) is 0.825. The third-order valence-electron chi connectivity index (χ3n) is 3.46. The van der Waals surface area contributed by atoms with Gasteiger partial charge in [-0.25, -0.2) is 4.79 Å². The summed E-state index contributed by atoms with van der Waals surface area (Å²) >= 11 is 0. The van der Waals surface area contributed by atoms with Crippen molar-refractivity contribution < 1.29 is 19.1 Å². The predicted octanol–water partition coefficient (Wildman–Crippen LogP) is 3.50. The molecule has 0 radical (unpaired) electrons. The van der Waals surface area contributed by atoms with Crippen LogP contribution in [-0.2, 0) is 9.53 Å². The Hall–Kier alpha value is -2.82. The maximum Gasteiger partial charge on any atom is 0.338 e. The van der Waals surface area contributed by atoms with Gasteiger partial charge in [-0.05, 0) is 56.2 Å². The molecule has 0 fully saturated rings. The monoisotopic (exact) mass is 327 g/mol. The molecule has 0 bridgehead atoms. The Bertz CT molecular complexity index is 740. The SMILES string of the molecule is CCOC(=O)c1ccc(NC(=O)COc2ccccc2C)c(C)c1. The second-order valence-electron chi connectivity index (χ2n) is 5.35. The molecule has 0 saturated heterocycles. The van der Waals surface area contributed by atoms with Crippen LogP contribution in [0.3, 0.4) is 0 Å². The first-order chi connectivity index (χ1) is 11.5. The van der Waals surface area contributed by atoms with E-state index in [-0.39, 0.29) is 18.5 Å². The average Bonchev–Trinajstić information content (AvgIpc) is 2.56. The number of aryl methyl sites for hydroxylation is 2. The van der Waals surface area contributed by atoms with Crippen LogP contribution in [0.2, 0.25) is 0 Å². The first-order valence-electron chi connectivity index (χ1n) is 7.77. The molecule has 5 heteroatoms. The van der Waals surface area contributed by atoms with Gasteiger partial charge in [-0.15, -0.1) is 0 Å². The fraction of sp³-hybridized carbons (Fsp3) is 0.263. The Labute approximate surface area is 141 Å². The molecule has 0 aliphatic carbocycles. The van der Waals surface area contributed by atoms with Gasteiger partial charge >= 0.3 is 5.97 Å². The Kier molecular flexibility index (Phi) is 5.95. The highest BCUT2D eigenvalue weighted by Crippen LogP contribution is 2.18. The van der Waals surface area contributed by atoms with E-state index in [9.17, 15) is 9.59 Å². The lowest BCUT2D eigenvalue weighted by atomic mass is 10.1. The maximum absolute atomic E-state index is 12.0. The largest absolute Gasteiger partial charge is 0.483 e. The first-order valence-corrected chi connectivity index (χ1v) is 7.77. The molecular weight excluding hydrogens is 306 g/mol. The molecule has 126 valence electrons. The molecule has 0 heterocycles. The summed E-state index contributed by atoms with van der Waals surface area (Å²) in [6, 6.07) is 12.5. The summed E-state index contributed by atoms with van der Waals surface area (Å²) in [5, 5.41) is 2.78. The van der Waals surface area contributed by atoms with Crippen molar-refractivity contribution >= 4 is 17.6 Å². The summed E-state index contributed by atoms with van der Waals surface area (Å²) in [4.78, 5) is 23.7. The highest BCUT2D eigenvalue weighted by Gasteiger charge is 2.11. The smallest absolute Gasteiger partial charge is 0.338 e. The Morgan fingerprint density at radius 3 is 2.46 bits per heavy atom. The number of rotatable bonds is 6. The molecule has 0 aliphatic heterocycles. The van der Waals surface area contributed by atoms with Gasteiger partial charge in [0.05, 0.1) is 12.2 Å². The maximum atomic E-state index is 12.0. The molecule has 0 unspecified atom stereocenters. The van der Waals surface area contributed by atoms with E-state index >= 15 is 0 Å². The van der Waals surface area contributed by atoms with Crippen molar-refractivity contribution in [3.8, 4) is 5.75 Å². The van der Waals surface area contributed by atoms with E-state index in [2.05, 4.69) is 5.32 Å². The minimum Gasteiger partial charge on any atom is -0.483 e. The average molecular weight is 327 g/mol. The van der Waals surface area contributed by atoms with Gasteiger partial charge < -0.3 is 14.8 Å². The van der Waals surface area contributed by atoms with Crippen LogP contribution in [0.5, 0.6) is 5.75 Å². The molecule has 2 rings (SSSR count). The van der Waals surface area contributed by atoms with E-state index in [1.54, 1.807) is 25.1 Å². The van der Waals surface area contributed by atoms with Gasteiger partial charge in [0.15, 0.2) is 6.61 Å². The van der Waals surface area contributed by atoms with Crippen LogP contribution in [0.25, 0.3) is 0 Å². The number of anilines is 1. The van der Waals surface area contributed by atoms with E-state index in [0.29, 0.717) is 23.6 Å². The van der Waals surface area contributed by atoms with Gasteiger partial charge in [0.2, 0.25) is 0 Å². The molecule has 2 aromatic rings. The first kappa shape index (κ1) is 17.5. The lowest BCUT2D eigenvalue weighted by Gasteiger charge is -2.11. The highest BCUT2D eigenvalue weighted by atomic mass is 16.5. The highest BCUT2D eigenvalue weighted by molar-refractivity contribution is 5.94. The lowest BCUT2D eigenvalue weighted by Crippen LogP contribution is -2.21. The van der Waals surface area contributed by atoms with Crippen molar-refractivity contribution in [2.45, 2.75) is 20.8 Å². The van der Waals surface area contributed by atoms with Gasteiger partial charge in [0.1, 0.15) is 5.75 Å². The van der Waals surface area contributed by atoms with Crippen LogP contribution in [0.1, 0.15) is 28.4 Å². The van der Waals surface area contributed by atoms with Crippen molar-refractivity contribution in [1.29, 1.82) is 0 Å². The van der Waals surface area contributed by atoms with Gasteiger partial charge in [-0.3, -0.25) is 4.79 Å². The van der Waals surface area contributed by atoms with Crippen LogP contribution in [0, 0.1) is 13.8 Å². The predicted molar refractivity (Wildman–Crippen MR) is 92.4 cm³/mol. The van der Waals surface area contributed by atoms with E-state index in [1.165, 1.54) is 0 Å². The molecule has 0 atom stereocenters. The zero-order valence-corrected chi connectivity index (χ0v) is 14.1. The Morgan fingerprint density at radius 2 is 1.79 bits per heavy atom. The molecule has 1 amide bonds. The van der Waals surface area contributed by atoms with Crippen molar-refractivity contribution in [2.24, 2.45) is 0 Å². The second-order valence-corrected chi connectivity index (χ2v) is 5.35. The van der Waals surface area contributed by atoms with Crippen molar-refractivity contribution in [1.82, 2.24) is 0 Å². The number of hydrogen-bond acceptors (Lipinski definition) is 4. The van der Waals surface area contributed by atoms with Crippen LogP contribution >= 0.6 is 0 Å². The third kappa shape index (κ3) is 4.59. The number of ether oxygens (including phenoxy) is 2. The number of carbonyl (C=O) groups is 2.